The summed E-state index contributed by atoms with van der Waals surface area (Å²) in [5.74, 6) is 1.14. The zero-order chi connectivity index (χ0) is 35.0. The van der Waals surface area contributed by atoms with Crippen molar-refractivity contribution < 1.29 is 0 Å². The molecule has 7 aromatic carbocycles. The van der Waals surface area contributed by atoms with Crippen molar-refractivity contribution in [2.24, 2.45) is 11.8 Å². The van der Waals surface area contributed by atoms with Crippen molar-refractivity contribution in [1.82, 2.24) is 0 Å². The van der Waals surface area contributed by atoms with E-state index in [0.29, 0.717) is 11.8 Å². The molecule has 1 saturated carbocycles. The van der Waals surface area contributed by atoms with Crippen LogP contribution in [-0.2, 0) is 5.41 Å². The van der Waals surface area contributed by atoms with Gasteiger partial charge in [-0.25, -0.2) is 0 Å². The Morgan fingerprint density at radius 1 is 0.654 bits per heavy atom. The third-order valence-corrected chi connectivity index (χ3v) is 13.4. The van der Waals surface area contributed by atoms with Gasteiger partial charge in [0.25, 0.3) is 0 Å². The maximum absolute atomic E-state index is 4.90. The quantitative estimate of drug-likeness (QED) is 0.163. The molecule has 52 heavy (non-hydrogen) atoms. The molecule has 3 unspecified atom stereocenters. The van der Waals surface area contributed by atoms with Gasteiger partial charge in [-0.15, -0.1) is 11.3 Å². The van der Waals surface area contributed by atoms with E-state index >= 15 is 0 Å². The minimum absolute atomic E-state index is 0.196. The van der Waals surface area contributed by atoms with Crippen LogP contribution in [0.25, 0.3) is 53.2 Å². The fraction of sp³-hybridized carbons (Fsp3) is 0.160. The number of benzene rings is 7. The van der Waals surface area contributed by atoms with Crippen LogP contribution >= 0.6 is 11.3 Å². The van der Waals surface area contributed by atoms with Gasteiger partial charge >= 0.3 is 0 Å². The van der Waals surface area contributed by atoms with Crippen LogP contribution in [0.5, 0.6) is 0 Å². The molecule has 0 aliphatic heterocycles. The van der Waals surface area contributed by atoms with Crippen molar-refractivity contribution >= 4 is 59.3 Å². The van der Waals surface area contributed by atoms with Crippen molar-refractivity contribution in [3.63, 3.8) is 0 Å². The Bertz CT molecular complexity index is 2670. The zero-order valence-corrected chi connectivity index (χ0v) is 30.6. The summed E-state index contributed by atoms with van der Waals surface area (Å²) >= 11 is 1.88. The van der Waals surface area contributed by atoms with Crippen LogP contribution in [0.1, 0.15) is 44.2 Å². The molecule has 1 nitrogen and oxygen atoms in total. The van der Waals surface area contributed by atoms with Crippen molar-refractivity contribution in [2.75, 3.05) is 4.90 Å². The summed E-state index contributed by atoms with van der Waals surface area (Å²) in [4.78, 5) is 2.51. The summed E-state index contributed by atoms with van der Waals surface area (Å²) < 4.78 is 2.62. The van der Waals surface area contributed by atoms with E-state index in [1.165, 1.54) is 94.1 Å². The second-order valence-corrected chi connectivity index (χ2v) is 16.0. The van der Waals surface area contributed by atoms with E-state index in [2.05, 4.69) is 170 Å². The van der Waals surface area contributed by atoms with E-state index in [1.807, 2.05) is 11.3 Å². The van der Waals surface area contributed by atoms with Gasteiger partial charge in [-0.2, -0.15) is 0 Å². The fourth-order valence-corrected chi connectivity index (χ4v) is 11.0. The Morgan fingerprint density at radius 2 is 1.33 bits per heavy atom. The lowest BCUT2D eigenvalue weighted by Crippen LogP contribution is -2.40. The molecule has 252 valence electrons. The van der Waals surface area contributed by atoms with Crippen LogP contribution in [0.15, 0.2) is 164 Å². The molecule has 1 heterocycles. The van der Waals surface area contributed by atoms with Gasteiger partial charge in [-0.3, -0.25) is 0 Å². The average molecular weight is 688 g/mol. The fourth-order valence-electron chi connectivity index (χ4n) is 9.92. The molecule has 2 aliphatic carbocycles. The van der Waals surface area contributed by atoms with Gasteiger partial charge in [0.1, 0.15) is 0 Å². The van der Waals surface area contributed by atoms with Gasteiger partial charge in [0.15, 0.2) is 0 Å². The lowest BCUT2D eigenvalue weighted by atomic mass is 9.57. The van der Waals surface area contributed by atoms with Crippen LogP contribution in [0.3, 0.4) is 0 Å². The molecule has 3 atom stereocenters. The molecule has 1 spiro atoms. The molecule has 2 aliphatic rings. The number of fused-ring (bicyclic) bond motifs is 9. The van der Waals surface area contributed by atoms with E-state index in [9.17, 15) is 0 Å². The van der Waals surface area contributed by atoms with E-state index in [1.54, 1.807) is 0 Å². The summed E-state index contributed by atoms with van der Waals surface area (Å²) in [5, 5.41) is 5.15. The predicted octanol–water partition coefficient (Wildman–Crippen LogP) is 14.6. The first kappa shape index (κ1) is 31.3. The highest BCUT2D eigenvalue weighted by Gasteiger charge is 2.51. The standard InChI is InChI=1S/C50H41NS/c1-4-34-29-32(2)50(33(3)30-34)44-19-9-7-16-41(44)42-28-27-38(31-45(42)50)51(46-20-12-22-48-49(46)43-17-8-10-21-47(43)52-48)37-25-23-36(24-26-37)40-18-11-14-35-13-5-6-15-39(35)40/h5-28,31,33-34H,2,4,29-30H2,1,3H3. The van der Waals surface area contributed by atoms with Crippen LogP contribution in [0, 0.1) is 11.8 Å². The number of hydrogen-bond donors (Lipinski definition) is 0. The van der Waals surface area contributed by atoms with E-state index in [-0.39, 0.29) is 5.41 Å². The first-order valence-electron chi connectivity index (χ1n) is 18.8. The highest BCUT2D eigenvalue weighted by Crippen LogP contribution is 2.62. The molecule has 0 saturated heterocycles. The van der Waals surface area contributed by atoms with E-state index < -0.39 is 0 Å². The normalized spacial score (nSPS) is 19.4. The summed E-state index contributed by atoms with van der Waals surface area (Å²) in [7, 11) is 0. The Kier molecular flexibility index (Phi) is 7.27. The van der Waals surface area contributed by atoms with Crippen LogP contribution in [-0.4, -0.2) is 0 Å². The third kappa shape index (κ3) is 4.53. The summed E-state index contributed by atoms with van der Waals surface area (Å²) in [5.41, 5.74) is 12.8. The van der Waals surface area contributed by atoms with Crippen molar-refractivity contribution in [3.8, 4) is 22.3 Å². The number of rotatable bonds is 5. The van der Waals surface area contributed by atoms with Crippen molar-refractivity contribution in [2.45, 2.75) is 38.5 Å². The molecular formula is C50H41NS. The maximum Gasteiger partial charge on any atom is 0.0554 e. The van der Waals surface area contributed by atoms with Crippen molar-refractivity contribution in [3.05, 3.63) is 175 Å². The number of nitrogens with zero attached hydrogens (tertiary/aromatic N) is 1. The number of hydrogen-bond acceptors (Lipinski definition) is 2. The Hall–Kier alpha value is -5.44. The SMILES string of the molecule is C=C1CC(CC)CC(C)C12c1ccccc1-c1ccc(N(c3ccc(-c4cccc5ccccc45)cc3)c3cccc4sc5ccccc5c34)cc12. The number of anilines is 3. The zero-order valence-electron chi connectivity index (χ0n) is 29.8. The van der Waals surface area contributed by atoms with Gasteiger partial charge in [-0.1, -0.05) is 142 Å². The van der Waals surface area contributed by atoms with Gasteiger partial charge in [0.2, 0.25) is 0 Å². The average Bonchev–Trinajstić information content (AvgIpc) is 3.71. The lowest BCUT2D eigenvalue weighted by molar-refractivity contribution is 0.248. The minimum Gasteiger partial charge on any atom is -0.310 e. The molecule has 10 rings (SSSR count). The predicted molar refractivity (Wildman–Crippen MR) is 224 cm³/mol. The highest BCUT2D eigenvalue weighted by molar-refractivity contribution is 7.26. The smallest absolute Gasteiger partial charge is 0.0554 e. The minimum atomic E-state index is -0.196. The molecule has 1 aromatic heterocycles. The van der Waals surface area contributed by atoms with Gasteiger partial charge < -0.3 is 4.90 Å². The highest BCUT2D eigenvalue weighted by atomic mass is 32.1. The first-order valence-corrected chi connectivity index (χ1v) is 19.6. The first-order chi connectivity index (χ1) is 25.6. The van der Waals surface area contributed by atoms with E-state index in [4.69, 9.17) is 6.58 Å². The second kappa shape index (κ2) is 12.1. The molecule has 0 radical (unpaired) electrons. The largest absolute Gasteiger partial charge is 0.310 e. The Morgan fingerprint density at radius 3 is 2.17 bits per heavy atom. The maximum atomic E-state index is 4.90. The number of allylic oxidation sites excluding steroid dienone is 1. The van der Waals surface area contributed by atoms with E-state index in [0.717, 1.165) is 12.1 Å². The molecule has 0 N–H and O–H groups in total. The Balaban J connectivity index is 1.20. The topological polar surface area (TPSA) is 3.24 Å². The van der Waals surface area contributed by atoms with Gasteiger partial charge in [0.05, 0.1) is 5.69 Å². The monoisotopic (exact) mass is 687 g/mol. The molecule has 2 heteroatoms. The molecule has 1 fully saturated rings. The van der Waals surface area contributed by atoms with Crippen LogP contribution < -0.4 is 4.90 Å². The molecule has 8 aromatic rings. The number of thiophene rings is 1. The van der Waals surface area contributed by atoms with Crippen LogP contribution in [0.4, 0.5) is 17.1 Å². The molecule has 0 amide bonds. The van der Waals surface area contributed by atoms with Crippen LogP contribution in [0.2, 0.25) is 0 Å². The molecule has 0 bridgehead atoms. The second-order valence-electron chi connectivity index (χ2n) is 15.0. The summed E-state index contributed by atoms with van der Waals surface area (Å²) in [6, 6.07) is 56.6. The van der Waals surface area contributed by atoms with Gasteiger partial charge in [-0.05, 0) is 111 Å². The third-order valence-electron chi connectivity index (χ3n) is 12.3. The lowest BCUT2D eigenvalue weighted by Gasteiger charge is -2.46. The summed E-state index contributed by atoms with van der Waals surface area (Å²) in [6.07, 6.45) is 3.50. The molecular weight excluding hydrogens is 647 g/mol. The van der Waals surface area contributed by atoms with Crippen molar-refractivity contribution in [1.29, 1.82) is 0 Å². The Labute approximate surface area is 310 Å². The van der Waals surface area contributed by atoms with Gasteiger partial charge in [0, 0.05) is 37.0 Å². The summed E-state index contributed by atoms with van der Waals surface area (Å²) in [6.45, 7) is 9.73.